The van der Waals surface area contributed by atoms with E-state index in [9.17, 15) is 5.11 Å². The summed E-state index contributed by atoms with van der Waals surface area (Å²) < 4.78 is 5.95. The molecule has 1 atom stereocenters. The third-order valence-corrected chi connectivity index (χ3v) is 5.63. The Morgan fingerprint density at radius 1 is 1.07 bits per heavy atom. The Labute approximate surface area is 162 Å². The lowest BCUT2D eigenvalue weighted by molar-refractivity contribution is 0.0754. The van der Waals surface area contributed by atoms with Crippen LogP contribution < -0.4 is 4.74 Å². The number of pyridine rings is 1. The van der Waals surface area contributed by atoms with Crippen molar-refractivity contribution in [3.05, 3.63) is 88.6 Å². The van der Waals surface area contributed by atoms with Gasteiger partial charge in [0.15, 0.2) is 0 Å². The van der Waals surface area contributed by atoms with Gasteiger partial charge < -0.3 is 9.84 Å². The monoisotopic (exact) mass is 376 g/mol. The van der Waals surface area contributed by atoms with Crippen molar-refractivity contribution < 1.29 is 9.84 Å². The van der Waals surface area contributed by atoms with Gasteiger partial charge in [0.2, 0.25) is 0 Å². The molecule has 0 aliphatic heterocycles. The van der Waals surface area contributed by atoms with Crippen LogP contribution in [0.25, 0.3) is 10.8 Å². The summed E-state index contributed by atoms with van der Waals surface area (Å²) in [6.45, 7) is 2.38. The highest BCUT2D eigenvalue weighted by Crippen LogP contribution is 2.35. The lowest BCUT2D eigenvalue weighted by Crippen LogP contribution is -2.26. The molecule has 0 aliphatic carbocycles. The zero-order valence-corrected chi connectivity index (χ0v) is 15.8. The van der Waals surface area contributed by atoms with Crippen LogP contribution in [0.1, 0.15) is 29.5 Å². The summed E-state index contributed by atoms with van der Waals surface area (Å²) in [4.78, 5) is 8.55. The molecule has 2 aromatic carbocycles. The number of hydrogen-bond donors (Lipinski definition) is 1. The van der Waals surface area contributed by atoms with E-state index in [1.54, 1.807) is 18.6 Å². The van der Waals surface area contributed by atoms with Gasteiger partial charge in [-0.05, 0) is 34.9 Å². The molecule has 4 aromatic rings. The SMILES string of the molecule is CCC(O)(c1cncc(OCc2ccc3ccccc3c2)c1)c1nccs1. The van der Waals surface area contributed by atoms with E-state index >= 15 is 0 Å². The molecule has 1 unspecified atom stereocenters. The molecular formula is C22H20N2O2S. The van der Waals surface area contributed by atoms with E-state index in [1.807, 2.05) is 30.5 Å². The third-order valence-electron chi connectivity index (χ3n) is 4.71. The lowest BCUT2D eigenvalue weighted by atomic mass is 9.93. The molecule has 0 fully saturated rings. The van der Waals surface area contributed by atoms with Crippen LogP contribution in [0.2, 0.25) is 0 Å². The van der Waals surface area contributed by atoms with E-state index in [0.29, 0.717) is 29.3 Å². The van der Waals surface area contributed by atoms with E-state index in [4.69, 9.17) is 4.74 Å². The molecule has 4 nitrogen and oxygen atoms in total. The molecule has 4 rings (SSSR count). The van der Waals surface area contributed by atoms with Gasteiger partial charge in [0.1, 0.15) is 23.0 Å². The highest BCUT2D eigenvalue weighted by atomic mass is 32.1. The maximum absolute atomic E-state index is 11.1. The molecule has 0 saturated heterocycles. The van der Waals surface area contributed by atoms with Crippen molar-refractivity contribution >= 4 is 22.1 Å². The Bertz CT molecular complexity index is 1050. The maximum atomic E-state index is 11.1. The van der Waals surface area contributed by atoms with Crippen molar-refractivity contribution in [3.63, 3.8) is 0 Å². The van der Waals surface area contributed by atoms with Gasteiger partial charge in [0.05, 0.1) is 6.20 Å². The Balaban J connectivity index is 1.55. The minimum atomic E-state index is -1.15. The fraction of sp³-hybridized carbons (Fsp3) is 0.182. The van der Waals surface area contributed by atoms with Crippen LogP contribution in [-0.2, 0) is 12.2 Å². The number of hydrogen-bond acceptors (Lipinski definition) is 5. The summed E-state index contributed by atoms with van der Waals surface area (Å²) >= 11 is 1.44. The molecule has 0 spiro atoms. The molecule has 2 heterocycles. The average Bonchev–Trinajstić information content (AvgIpc) is 3.27. The number of fused-ring (bicyclic) bond motifs is 1. The third kappa shape index (κ3) is 3.56. The first-order valence-electron chi connectivity index (χ1n) is 8.87. The second-order valence-corrected chi connectivity index (χ2v) is 7.33. The molecule has 136 valence electrons. The first kappa shape index (κ1) is 17.6. The molecule has 27 heavy (non-hydrogen) atoms. The summed E-state index contributed by atoms with van der Waals surface area (Å²) in [6.07, 6.45) is 5.56. The highest BCUT2D eigenvalue weighted by Gasteiger charge is 2.33. The van der Waals surface area contributed by atoms with Crippen molar-refractivity contribution in [2.75, 3.05) is 0 Å². The summed E-state index contributed by atoms with van der Waals surface area (Å²) in [5.74, 6) is 0.629. The van der Waals surface area contributed by atoms with Crippen molar-refractivity contribution in [2.24, 2.45) is 0 Å². The number of benzene rings is 2. The van der Waals surface area contributed by atoms with Crippen LogP contribution in [0.15, 0.2) is 72.5 Å². The van der Waals surface area contributed by atoms with Crippen LogP contribution >= 0.6 is 11.3 Å². The Morgan fingerprint density at radius 2 is 1.93 bits per heavy atom. The minimum Gasteiger partial charge on any atom is -0.487 e. The van der Waals surface area contributed by atoms with Gasteiger partial charge >= 0.3 is 0 Å². The van der Waals surface area contributed by atoms with Gasteiger partial charge in [-0.25, -0.2) is 4.98 Å². The molecule has 1 N–H and O–H groups in total. The fourth-order valence-corrected chi connectivity index (χ4v) is 3.96. The van der Waals surface area contributed by atoms with Gasteiger partial charge in [0, 0.05) is 23.3 Å². The van der Waals surface area contributed by atoms with Crippen molar-refractivity contribution in [3.8, 4) is 5.75 Å². The van der Waals surface area contributed by atoms with Gasteiger partial charge in [0.25, 0.3) is 0 Å². The van der Waals surface area contributed by atoms with Crippen LogP contribution in [0.5, 0.6) is 5.75 Å². The first-order chi connectivity index (χ1) is 13.2. The molecule has 0 bridgehead atoms. The van der Waals surface area contributed by atoms with Crippen molar-refractivity contribution in [1.29, 1.82) is 0 Å². The molecule has 5 heteroatoms. The van der Waals surface area contributed by atoms with Crippen LogP contribution in [0.4, 0.5) is 0 Å². The summed E-state index contributed by atoms with van der Waals surface area (Å²) in [7, 11) is 0. The topological polar surface area (TPSA) is 55.2 Å². The van der Waals surface area contributed by atoms with Gasteiger partial charge in [-0.3, -0.25) is 4.98 Å². The predicted octanol–water partition coefficient (Wildman–Crippen LogP) is 4.92. The van der Waals surface area contributed by atoms with Crippen molar-refractivity contribution in [1.82, 2.24) is 9.97 Å². The first-order valence-corrected chi connectivity index (χ1v) is 9.75. The number of aliphatic hydroxyl groups is 1. The number of aromatic nitrogens is 2. The Morgan fingerprint density at radius 3 is 2.70 bits per heavy atom. The summed E-state index contributed by atoms with van der Waals surface area (Å²) in [5.41, 5.74) is 0.629. The number of nitrogens with zero attached hydrogens (tertiary/aromatic N) is 2. The van der Waals surface area contributed by atoms with E-state index in [1.165, 1.54) is 22.1 Å². The normalized spacial score (nSPS) is 13.4. The van der Waals surface area contributed by atoms with Crippen molar-refractivity contribution in [2.45, 2.75) is 25.6 Å². The molecule has 0 saturated carbocycles. The second-order valence-electron chi connectivity index (χ2n) is 6.43. The number of ether oxygens (including phenoxy) is 1. The second kappa shape index (κ2) is 7.47. The zero-order chi connectivity index (χ0) is 18.7. The molecule has 2 aromatic heterocycles. The molecule has 0 aliphatic rings. The molecule has 0 amide bonds. The minimum absolute atomic E-state index is 0.442. The molecule has 0 radical (unpaired) electrons. The maximum Gasteiger partial charge on any atom is 0.142 e. The van der Waals surface area contributed by atoms with Gasteiger partial charge in [-0.1, -0.05) is 43.3 Å². The van der Waals surface area contributed by atoms with Crippen LogP contribution in [-0.4, -0.2) is 15.1 Å². The van der Waals surface area contributed by atoms with Gasteiger partial charge in [-0.2, -0.15) is 0 Å². The predicted molar refractivity (Wildman–Crippen MR) is 108 cm³/mol. The smallest absolute Gasteiger partial charge is 0.142 e. The lowest BCUT2D eigenvalue weighted by Gasteiger charge is -2.25. The van der Waals surface area contributed by atoms with E-state index < -0.39 is 5.60 Å². The van der Waals surface area contributed by atoms with E-state index in [2.05, 4.69) is 40.3 Å². The molecular weight excluding hydrogens is 356 g/mol. The fourth-order valence-electron chi connectivity index (χ4n) is 3.13. The number of thiazole rings is 1. The highest BCUT2D eigenvalue weighted by molar-refractivity contribution is 7.09. The largest absolute Gasteiger partial charge is 0.487 e. The zero-order valence-electron chi connectivity index (χ0n) is 15.0. The summed E-state index contributed by atoms with van der Waals surface area (Å²) in [5, 5.41) is 16.1. The van der Waals surface area contributed by atoms with Crippen LogP contribution in [0, 0.1) is 0 Å². The Kier molecular flexibility index (Phi) is 4.88. The van der Waals surface area contributed by atoms with E-state index in [-0.39, 0.29) is 0 Å². The quantitative estimate of drug-likeness (QED) is 0.519. The number of rotatable bonds is 6. The van der Waals surface area contributed by atoms with E-state index in [0.717, 1.165) is 5.56 Å². The van der Waals surface area contributed by atoms with Gasteiger partial charge in [-0.15, -0.1) is 11.3 Å². The van der Waals surface area contributed by atoms with Crippen LogP contribution in [0.3, 0.4) is 0 Å². The summed E-state index contributed by atoms with van der Waals surface area (Å²) in [6, 6.07) is 16.4. The Hall–Kier alpha value is -2.76. The standard InChI is InChI=1S/C22H20N2O2S/c1-2-22(25,21-24-9-10-27-21)19-12-20(14-23-13-19)26-15-16-7-8-17-5-3-4-6-18(17)11-16/h3-14,25H,2,15H2,1H3. The average molecular weight is 376 g/mol.